The second-order valence-electron chi connectivity index (χ2n) is 5.22. The first-order valence-electron chi connectivity index (χ1n) is 6.93. The fraction of sp³-hybridized carbons (Fsp3) is 0.438. The van der Waals surface area contributed by atoms with Crippen molar-refractivity contribution in [2.24, 2.45) is 0 Å². The van der Waals surface area contributed by atoms with Crippen molar-refractivity contribution in [2.75, 3.05) is 6.61 Å². The van der Waals surface area contributed by atoms with E-state index in [4.69, 9.17) is 4.74 Å². The lowest BCUT2D eigenvalue weighted by molar-refractivity contribution is 0.0526. The molecule has 3 heteroatoms. The highest BCUT2D eigenvalue weighted by Gasteiger charge is 2.20. The fourth-order valence-corrected chi connectivity index (χ4v) is 3.09. The zero-order valence-corrected chi connectivity index (χ0v) is 11.7. The standard InChI is InChI=1S/C16H19NO2/c1-4-19-16(18)13-8-12-6-5-7-17-11(3)10(2)14(9-13)15(12)17/h8-9H,4-7H2,1-3H3. The second kappa shape index (κ2) is 4.41. The Kier molecular flexibility index (Phi) is 2.85. The molecule has 0 bridgehead atoms. The second-order valence-corrected chi connectivity index (χ2v) is 5.22. The highest BCUT2D eigenvalue weighted by atomic mass is 16.5. The summed E-state index contributed by atoms with van der Waals surface area (Å²) >= 11 is 0. The molecule has 0 aliphatic carbocycles. The molecule has 1 aromatic heterocycles. The summed E-state index contributed by atoms with van der Waals surface area (Å²) in [5.41, 5.74) is 5.88. The zero-order chi connectivity index (χ0) is 13.6. The molecule has 2 heterocycles. The van der Waals surface area contributed by atoms with Gasteiger partial charge in [-0.25, -0.2) is 4.79 Å². The predicted molar refractivity (Wildman–Crippen MR) is 75.7 cm³/mol. The first-order chi connectivity index (χ1) is 9.13. The summed E-state index contributed by atoms with van der Waals surface area (Å²) in [6.45, 7) is 7.65. The number of benzene rings is 1. The van der Waals surface area contributed by atoms with Gasteiger partial charge in [-0.3, -0.25) is 0 Å². The first kappa shape index (κ1) is 12.3. The minimum atomic E-state index is -0.212. The Hall–Kier alpha value is -1.77. The number of carbonyl (C=O) groups is 1. The van der Waals surface area contributed by atoms with Crippen LogP contribution in [0.5, 0.6) is 0 Å². The van der Waals surface area contributed by atoms with Gasteiger partial charge in [0.05, 0.1) is 17.7 Å². The zero-order valence-electron chi connectivity index (χ0n) is 11.7. The van der Waals surface area contributed by atoms with E-state index in [9.17, 15) is 4.79 Å². The van der Waals surface area contributed by atoms with Gasteiger partial charge < -0.3 is 9.30 Å². The monoisotopic (exact) mass is 257 g/mol. The molecule has 2 aromatic rings. The number of esters is 1. The molecule has 0 unspecified atom stereocenters. The van der Waals surface area contributed by atoms with E-state index in [1.807, 2.05) is 19.1 Å². The lowest BCUT2D eigenvalue weighted by atomic mass is 9.99. The molecule has 0 spiro atoms. The van der Waals surface area contributed by atoms with Crippen LogP contribution < -0.4 is 0 Å². The van der Waals surface area contributed by atoms with Crippen molar-refractivity contribution in [1.29, 1.82) is 0 Å². The fourth-order valence-electron chi connectivity index (χ4n) is 3.09. The van der Waals surface area contributed by atoms with Crippen LogP contribution in [0, 0.1) is 13.8 Å². The number of nitrogens with zero attached hydrogens (tertiary/aromatic N) is 1. The van der Waals surface area contributed by atoms with Crippen molar-refractivity contribution in [3.8, 4) is 0 Å². The van der Waals surface area contributed by atoms with Crippen LogP contribution in [0.4, 0.5) is 0 Å². The molecule has 0 atom stereocenters. The van der Waals surface area contributed by atoms with Gasteiger partial charge in [0.15, 0.2) is 0 Å². The first-order valence-corrected chi connectivity index (χ1v) is 6.93. The minimum absolute atomic E-state index is 0.212. The molecule has 0 saturated heterocycles. The Morgan fingerprint density at radius 2 is 2.16 bits per heavy atom. The molecule has 0 saturated carbocycles. The van der Waals surface area contributed by atoms with Gasteiger partial charge >= 0.3 is 5.97 Å². The summed E-state index contributed by atoms with van der Waals surface area (Å²) in [5.74, 6) is -0.212. The SMILES string of the molecule is CCOC(=O)c1cc2c3c(c1)c(C)c(C)n3CCC2. The van der Waals surface area contributed by atoms with Gasteiger partial charge in [0, 0.05) is 17.6 Å². The van der Waals surface area contributed by atoms with Crippen molar-refractivity contribution in [1.82, 2.24) is 4.57 Å². The van der Waals surface area contributed by atoms with Gasteiger partial charge in [0.25, 0.3) is 0 Å². The van der Waals surface area contributed by atoms with Crippen LogP contribution in [-0.2, 0) is 17.7 Å². The summed E-state index contributed by atoms with van der Waals surface area (Å²) in [5, 5.41) is 1.21. The van der Waals surface area contributed by atoms with E-state index in [1.54, 1.807) is 0 Å². The molecule has 1 aliphatic rings. The third-order valence-corrected chi connectivity index (χ3v) is 4.15. The Morgan fingerprint density at radius 1 is 1.37 bits per heavy atom. The van der Waals surface area contributed by atoms with E-state index in [0.29, 0.717) is 12.2 Å². The number of carbonyl (C=O) groups excluding carboxylic acids is 1. The van der Waals surface area contributed by atoms with Crippen LogP contribution in [0.3, 0.4) is 0 Å². The largest absolute Gasteiger partial charge is 0.462 e. The van der Waals surface area contributed by atoms with Crippen molar-refractivity contribution >= 4 is 16.9 Å². The summed E-state index contributed by atoms with van der Waals surface area (Å²) in [6.07, 6.45) is 2.19. The Labute approximate surface area is 113 Å². The molecule has 19 heavy (non-hydrogen) atoms. The van der Waals surface area contributed by atoms with Crippen molar-refractivity contribution < 1.29 is 9.53 Å². The van der Waals surface area contributed by atoms with Gasteiger partial charge in [-0.1, -0.05) is 0 Å². The molecule has 0 amide bonds. The topological polar surface area (TPSA) is 31.2 Å². The van der Waals surface area contributed by atoms with Crippen molar-refractivity contribution in [3.05, 3.63) is 34.5 Å². The highest BCUT2D eigenvalue weighted by molar-refractivity contribution is 5.98. The molecule has 3 nitrogen and oxygen atoms in total. The molecule has 3 rings (SSSR count). The van der Waals surface area contributed by atoms with E-state index < -0.39 is 0 Å². The van der Waals surface area contributed by atoms with Crippen LogP contribution in [-0.4, -0.2) is 17.1 Å². The number of hydrogen-bond donors (Lipinski definition) is 0. The number of aryl methyl sites for hydroxylation is 3. The third kappa shape index (κ3) is 1.76. The van der Waals surface area contributed by atoms with E-state index in [1.165, 1.54) is 27.7 Å². The summed E-state index contributed by atoms with van der Waals surface area (Å²) in [4.78, 5) is 11.9. The van der Waals surface area contributed by atoms with Gasteiger partial charge in [-0.05, 0) is 56.9 Å². The molecule has 1 aromatic carbocycles. The number of hydrogen-bond acceptors (Lipinski definition) is 2. The number of ether oxygens (including phenoxy) is 1. The van der Waals surface area contributed by atoms with Crippen molar-refractivity contribution in [3.63, 3.8) is 0 Å². The van der Waals surface area contributed by atoms with Gasteiger partial charge in [-0.2, -0.15) is 0 Å². The lowest BCUT2D eigenvalue weighted by Crippen LogP contribution is -2.11. The molecule has 1 aliphatic heterocycles. The molecule has 100 valence electrons. The normalized spacial score (nSPS) is 13.8. The van der Waals surface area contributed by atoms with Crippen LogP contribution in [0.1, 0.15) is 40.5 Å². The van der Waals surface area contributed by atoms with Crippen LogP contribution in [0.25, 0.3) is 10.9 Å². The van der Waals surface area contributed by atoms with Crippen LogP contribution >= 0.6 is 0 Å². The Bertz CT molecular complexity index is 667. The number of aromatic nitrogens is 1. The van der Waals surface area contributed by atoms with Crippen LogP contribution in [0.15, 0.2) is 12.1 Å². The summed E-state index contributed by atoms with van der Waals surface area (Å²) in [7, 11) is 0. The van der Waals surface area contributed by atoms with E-state index in [2.05, 4.69) is 18.4 Å². The molecule has 0 N–H and O–H groups in total. The predicted octanol–water partition coefficient (Wildman–Crippen LogP) is 3.38. The highest BCUT2D eigenvalue weighted by Crippen LogP contribution is 2.33. The Morgan fingerprint density at radius 3 is 2.89 bits per heavy atom. The maximum Gasteiger partial charge on any atom is 0.338 e. The van der Waals surface area contributed by atoms with E-state index >= 15 is 0 Å². The van der Waals surface area contributed by atoms with Crippen LogP contribution in [0.2, 0.25) is 0 Å². The Balaban J connectivity index is 2.26. The van der Waals surface area contributed by atoms with E-state index in [0.717, 1.165) is 19.4 Å². The summed E-state index contributed by atoms with van der Waals surface area (Å²) < 4.78 is 7.51. The van der Waals surface area contributed by atoms with Gasteiger partial charge in [0.1, 0.15) is 0 Å². The average Bonchev–Trinajstić information content (AvgIpc) is 2.66. The lowest BCUT2D eigenvalue weighted by Gasteiger charge is -2.17. The maximum absolute atomic E-state index is 11.9. The van der Waals surface area contributed by atoms with E-state index in [-0.39, 0.29) is 5.97 Å². The molecular weight excluding hydrogens is 238 g/mol. The smallest absolute Gasteiger partial charge is 0.338 e. The molecular formula is C16H19NO2. The minimum Gasteiger partial charge on any atom is -0.462 e. The quantitative estimate of drug-likeness (QED) is 0.772. The molecule has 0 fully saturated rings. The summed E-state index contributed by atoms with van der Waals surface area (Å²) in [6, 6.07) is 4.00. The molecule has 0 radical (unpaired) electrons. The number of rotatable bonds is 2. The third-order valence-electron chi connectivity index (χ3n) is 4.15. The van der Waals surface area contributed by atoms with Gasteiger partial charge in [0.2, 0.25) is 0 Å². The average molecular weight is 257 g/mol. The van der Waals surface area contributed by atoms with Gasteiger partial charge in [-0.15, -0.1) is 0 Å². The maximum atomic E-state index is 11.9. The van der Waals surface area contributed by atoms with Crippen molar-refractivity contribution in [2.45, 2.75) is 40.2 Å².